The lowest BCUT2D eigenvalue weighted by atomic mass is 9.98. The summed E-state index contributed by atoms with van der Waals surface area (Å²) in [6, 6.07) is 18.8. The molecule has 3 rings (SSSR count). The quantitative estimate of drug-likeness (QED) is 0.589. The van der Waals surface area contributed by atoms with Crippen LogP contribution in [0.5, 0.6) is 0 Å². The Morgan fingerprint density at radius 3 is 1.91 bits per heavy atom. The molecule has 0 spiro atoms. The van der Waals surface area contributed by atoms with Crippen molar-refractivity contribution in [1.29, 1.82) is 0 Å². The fourth-order valence-corrected chi connectivity index (χ4v) is 3.50. The third kappa shape index (κ3) is 6.86. The van der Waals surface area contributed by atoms with Crippen molar-refractivity contribution < 1.29 is 38.4 Å². The zero-order chi connectivity index (χ0) is 22.9. The summed E-state index contributed by atoms with van der Waals surface area (Å²) in [6.07, 6.45) is -5.43. The molecule has 1 aliphatic heterocycles. The van der Waals surface area contributed by atoms with Gasteiger partial charge in [0.2, 0.25) is 0 Å². The van der Waals surface area contributed by atoms with Crippen LogP contribution in [0.4, 0.5) is 0 Å². The molecule has 1 saturated heterocycles. The number of carbonyl (C=O) groups excluding carboxylic acids is 2. The van der Waals surface area contributed by atoms with E-state index in [0.29, 0.717) is 6.61 Å². The molecule has 1 heterocycles. The fourth-order valence-electron chi connectivity index (χ4n) is 3.50. The topological polar surface area (TPSA) is 101 Å². The zero-order valence-corrected chi connectivity index (χ0v) is 18.1. The molecule has 8 nitrogen and oxygen atoms in total. The number of hydrogen-bond acceptors (Lipinski definition) is 8. The van der Waals surface area contributed by atoms with E-state index in [4.69, 9.17) is 23.7 Å². The highest BCUT2D eigenvalue weighted by Gasteiger charge is 2.50. The molecule has 0 amide bonds. The van der Waals surface area contributed by atoms with Gasteiger partial charge in [-0.3, -0.25) is 9.59 Å². The van der Waals surface area contributed by atoms with E-state index in [1.807, 2.05) is 60.7 Å². The summed E-state index contributed by atoms with van der Waals surface area (Å²) in [5.74, 6) is -1.18. The summed E-state index contributed by atoms with van der Waals surface area (Å²) in [4.78, 5) is 23.6. The van der Waals surface area contributed by atoms with Crippen LogP contribution < -0.4 is 0 Å². The van der Waals surface area contributed by atoms with Crippen molar-refractivity contribution in [3.8, 4) is 0 Å². The monoisotopic (exact) mass is 444 g/mol. The maximum absolute atomic E-state index is 11.8. The number of ether oxygens (including phenoxy) is 5. The van der Waals surface area contributed by atoms with Gasteiger partial charge in [0.25, 0.3) is 0 Å². The lowest BCUT2D eigenvalue weighted by Crippen LogP contribution is -2.61. The van der Waals surface area contributed by atoms with E-state index in [9.17, 15) is 14.7 Å². The Morgan fingerprint density at radius 2 is 1.34 bits per heavy atom. The molecule has 5 atom stereocenters. The van der Waals surface area contributed by atoms with Gasteiger partial charge in [-0.05, 0) is 11.1 Å². The summed E-state index contributed by atoms with van der Waals surface area (Å²) in [5, 5.41) is 10.6. The van der Waals surface area contributed by atoms with Gasteiger partial charge in [0.15, 0.2) is 18.5 Å². The maximum atomic E-state index is 11.8. The third-order valence-electron chi connectivity index (χ3n) is 4.89. The predicted octanol–water partition coefficient (Wildman–Crippen LogP) is 2.37. The normalized spacial score (nSPS) is 25.2. The first-order chi connectivity index (χ1) is 15.4. The van der Waals surface area contributed by atoms with E-state index in [1.165, 1.54) is 13.8 Å². The fraction of sp³-hybridized carbons (Fsp3) is 0.417. The van der Waals surface area contributed by atoms with Crippen LogP contribution in [0.1, 0.15) is 25.0 Å². The van der Waals surface area contributed by atoms with Gasteiger partial charge in [-0.15, -0.1) is 0 Å². The smallest absolute Gasteiger partial charge is 0.303 e. The second-order valence-corrected chi connectivity index (χ2v) is 7.48. The van der Waals surface area contributed by atoms with Gasteiger partial charge in [-0.1, -0.05) is 60.7 Å². The minimum atomic E-state index is -1.42. The maximum Gasteiger partial charge on any atom is 0.303 e. The van der Waals surface area contributed by atoms with Crippen LogP contribution in [0.3, 0.4) is 0 Å². The van der Waals surface area contributed by atoms with Gasteiger partial charge in [0.05, 0.1) is 19.8 Å². The number of esters is 2. The molecule has 2 aromatic rings. The molecule has 172 valence electrons. The molecule has 32 heavy (non-hydrogen) atoms. The molecule has 0 radical (unpaired) electrons. The lowest BCUT2D eigenvalue weighted by Gasteiger charge is -2.43. The van der Waals surface area contributed by atoms with Crippen LogP contribution in [-0.4, -0.2) is 54.4 Å². The van der Waals surface area contributed by atoms with E-state index >= 15 is 0 Å². The van der Waals surface area contributed by atoms with Crippen molar-refractivity contribution in [3.05, 3.63) is 71.8 Å². The van der Waals surface area contributed by atoms with Gasteiger partial charge in [-0.25, -0.2) is 0 Å². The molecule has 2 aromatic carbocycles. The first kappa shape index (κ1) is 23.9. The summed E-state index contributed by atoms with van der Waals surface area (Å²) >= 11 is 0. The highest BCUT2D eigenvalue weighted by molar-refractivity contribution is 5.67. The van der Waals surface area contributed by atoms with Gasteiger partial charge in [0, 0.05) is 13.8 Å². The number of rotatable bonds is 9. The third-order valence-corrected chi connectivity index (χ3v) is 4.89. The number of aliphatic hydroxyl groups excluding tert-OH is 1. The zero-order valence-electron chi connectivity index (χ0n) is 18.1. The van der Waals surface area contributed by atoms with Gasteiger partial charge in [0.1, 0.15) is 12.2 Å². The van der Waals surface area contributed by atoms with Crippen LogP contribution in [0.15, 0.2) is 60.7 Å². The van der Waals surface area contributed by atoms with Crippen molar-refractivity contribution in [2.24, 2.45) is 0 Å². The minimum absolute atomic E-state index is 0.00701. The number of benzene rings is 2. The van der Waals surface area contributed by atoms with Gasteiger partial charge in [-0.2, -0.15) is 0 Å². The Hall–Kier alpha value is -2.78. The first-order valence-corrected chi connectivity index (χ1v) is 10.4. The second-order valence-electron chi connectivity index (χ2n) is 7.48. The summed E-state index contributed by atoms with van der Waals surface area (Å²) in [5.41, 5.74) is 1.81. The number of aliphatic hydroxyl groups is 1. The van der Waals surface area contributed by atoms with Crippen LogP contribution in [-0.2, 0) is 46.5 Å². The second kappa shape index (κ2) is 11.7. The van der Waals surface area contributed by atoms with Gasteiger partial charge < -0.3 is 28.8 Å². The molecular formula is C24H28O8. The van der Waals surface area contributed by atoms with E-state index in [1.54, 1.807) is 0 Å². The SMILES string of the molecule is CC(=O)O[C@@H]1[C@@H](OCc2ccccc2)[C@@H](O)O[C@H](COCc2ccccc2)[C@H]1OC(C)=O. The van der Waals surface area contributed by atoms with Crippen molar-refractivity contribution in [2.45, 2.75) is 57.8 Å². The minimum Gasteiger partial charge on any atom is -0.456 e. The highest BCUT2D eigenvalue weighted by Crippen LogP contribution is 2.28. The molecule has 0 bridgehead atoms. The number of hydrogen-bond donors (Lipinski definition) is 1. The summed E-state index contributed by atoms with van der Waals surface area (Å²) in [7, 11) is 0. The Morgan fingerprint density at radius 1 is 0.812 bits per heavy atom. The molecule has 0 aliphatic carbocycles. The van der Waals surface area contributed by atoms with E-state index < -0.39 is 42.6 Å². The highest BCUT2D eigenvalue weighted by atomic mass is 16.7. The van der Waals surface area contributed by atoms with Crippen molar-refractivity contribution in [3.63, 3.8) is 0 Å². The van der Waals surface area contributed by atoms with Crippen molar-refractivity contribution >= 4 is 11.9 Å². The standard InChI is InChI=1S/C24H28O8/c1-16(25)30-21-20(15-28-13-18-9-5-3-6-10-18)32-24(27)23(22(21)31-17(2)26)29-14-19-11-7-4-8-12-19/h3-12,20-24,27H,13-15H2,1-2H3/t20-,21-,22+,23-,24+/m1/s1. The molecule has 8 heteroatoms. The Labute approximate surface area is 187 Å². The first-order valence-electron chi connectivity index (χ1n) is 10.4. The molecular weight excluding hydrogens is 416 g/mol. The number of carbonyl (C=O) groups is 2. The van der Waals surface area contributed by atoms with Crippen LogP contribution >= 0.6 is 0 Å². The lowest BCUT2D eigenvalue weighted by molar-refractivity contribution is -0.304. The average molecular weight is 444 g/mol. The van der Waals surface area contributed by atoms with Crippen molar-refractivity contribution in [2.75, 3.05) is 6.61 Å². The molecule has 0 aromatic heterocycles. The van der Waals surface area contributed by atoms with Gasteiger partial charge >= 0.3 is 11.9 Å². The molecule has 1 N–H and O–H groups in total. The van der Waals surface area contributed by atoms with Crippen LogP contribution in [0.2, 0.25) is 0 Å². The Balaban J connectivity index is 1.73. The van der Waals surface area contributed by atoms with E-state index in [0.717, 1.165) is 11.1 Å². The summed E-state index contributed by atoms with van der Waals surface area (Å²) < 4.78 is 28.1. The summed E-state index contributed by atoms with van der Waals surface area (Å²) in [6.45, 7) is 2.94. The molecule has 0 unspecified atom stereocenters. The van der Waals surface area contributed by atoms with Crippen LogP contribution in [0, 0.1) is 0 Å². The Bertz CT molecular complexity index is 857. The molecule has 0 saturated carbocycles. The molecule has 1 aliphatic rings. The average Bonchev–Trinajstić information content (AvgIpc) is 2.76. The molecule has 1 fully saturated rings. The van der Waals surface area contributed by atoms with E-state index in [-0.39, 0.29) is 13.2 Å². The van der Waals surface area contributed by atoms with E-state index in [2.05, 4.69) is 0 Å². The Kier molecular flexibility index (Phi) is 8.75. The van der Waals surface area contributed by atoms with Crippen LogP contribution in [0.25, 0.3) is 0 Å². The van der Waals surface area contributed by atoms with Crippen molar-refractivity contribution in [1.82, 2.24) is 0 Å². The predicted molar refractivity (Wildman–Crippen MR) is 113 cm³/mol. The largest absolute Gasteiger partial charge is 0.456 e.